The van der Waals surface area contributed by atoms with Crippen molar-refractivity contribution >= 4 is 27.3 Å². The van der Waals surface area contributed by atoms with Crippen LogP contribution in [0.5, 0.6) is 0 Å². The highest BCUT2D eigenvalue weighted by atomic mass is 79.9. The van der Waals surface area contributed by atoms with Crippen LogP contribution < -0.4 is 11.3 Å². The Hall–Kier alpha value is 0.1000. The molecule has 0 saturated carbocycles. The summed E-state index contributed by atoms with van der Waals surface area (Å²) in [6.45, 7) is 6.58. The van der Waals surface area contributed by atoms with Gasteiger partial charge in [-0.15, -0.1) is 11.3 Å². The number of hydrazine groups is 1. The lowest BCUT2D eigenvalue weighted by molar-refractivity contribution is 0.270. The second-order valence-electron chi connectivity index (χ2n) is 4.50. The van der Waals surface area contributed by atoms with Crippen LogP contribution in [-0.4, -0.2) is 6.04 Å². The van der Waals surface area contributed by atoms with Gasteiger partial charge in [0.2, 0.25) is 0 Å². The fraction of sp³-hybridized carbons (Fsp3) is 0.600. The fourth-order valence-electron chi connectivity index (χ4n) is 1.28. The molecule has 3 N–H and O–H groups in total. The van der Waals surface area contributed by atoms with Gasteiger partial charge in [-0.1, -0.05) is 20.8 Å². The van der Waals surface area contributed by atoms with Gasteiger partial charge in [0.15, 0.2) is 0 Å². The third-order valence-electron chi connectivity index (χ3n) is 2.28. The van der Waals surface area contributed by atoms with Crippen LogP contribution in [0, 0.1) is 5.41 Å². The minimum absolute atomic E-state index is 0.186. The molecule has 80 valence electrons. The van der Waals surface area contributed by atoms with Crippen LogP contribution in [-0.2, 0) is 6.42 Å². The van der Waals surface area contributed by atoms with Crippen molar-refractivity contribution in [1.29, 1.82) is 0 Å². The highest BCUT2D eigenvalue weighted by Gasteiger charge is 2.23. The standard InChI is InChI=1S/C10H17BrN2S/c1-10(2,3)8(13-12)6-7-4-5-9(11)14-7/h4-5,8,13H,6,12H2,1-3H3. The molecule has 1 aromatic heterocycles. The van der Waals surface area contributed by atoms with E-state index in [4.69, 9.17) is 5.84 Å². The Labute approximate surface area is 98.0 Å². The lowest BCUT2D eigenvalue weighted by atomic mass is 9.85. The Balaban J connectivity index is 2.66. The number of thiophene rings is 1. The summed E-state index contributed by atoms with van der Waals surface area (Å²) in [6.07, 6.45) is 0.982. The average Bonchev–Trinajstić information content (AvgIpc) is 2.45. The summed E-state index contributed by atoms with van der Waals surface area (Å²) in [4.78, 5) is 1.36. The summed E-state index contributed by atoms with van der Waals surface area (Å²) in [5, 5.41) is 0. The van der Waals surface area contributed by atoms with E-state index in [0.29, 0.717) is 6.04 Å². The van der Waals surface area contributed by atoms with Gasteiger partial charge in [0, 0.05) is 10.9 Å². The summed E-state index contributed by atoms with van der Waals surface area (Å²) in [7, 11) is 0. The van der Waals surface area contributed by atoms with Crippen molar-refractivity contribution in [2.45, 2.75) is 33.2 Å². The van der Waals surface area contributed by atoms with Crippen LogP contribution in [0.4, 0.5) is 0 Å². The molecule has 0 bridgehead atoms. The fourth-order valence-corrected chi connectivity index (χ4v) is 2.81. The van der Waals surface area contributed by atoms with E-state index in [9.17, 15) is 0 Å². The SMILES string of the molecule is CC(C)(C)C(Cc1ccc(Br)s1)NN. The predicted molar refractivity (Wildman–Crippen MR) is 66.3 cm³/mol. The predicted octanol–water partition coefficient (Wildman–Crippen LogP) is 2.93. The van der Waals surface area contributed by atoms with Gasteiger partial charge in [-0.3, -0.25) is 11.3 Å². The highest BCUT2D eigenvalue weighted by Crippen LogP contribution is 2.27. The van der Waals surface area contributed by atoms with Crippen molar-refractivity contribution in [3.05, 3.63) is 20.8 Å². The summed E-state index contributed by atoms with van der Waals surface area (Å²) in [5.41, 5.74) is 3.08. The number of hydrogen-bond donors (Lipinski definition) is 2. The van der Waals surface area contributed by atoms with Gasteiger partial charge >= 0.3 is 0 Å². The minimum Gasteiger partial charge on any atom is -0.271 e. The molecule has 2 nitrogen and oxygen atoms in total. The molecule has 0 amide bonds. The molecule has 4 heteroatoms. The van der Waals surface area contributed by atoms with Gasteiger partial charge in [0.1, 0.15) is 0 Å². The van der Waals surface area contributed by atoms with E-state index in [2.05, 4.69) is 54.3 Å². The van der Waals surface area contributed by atoms with E-state index in [0.717, 1.165) is 6.42 Å². The maximum absolute atomic E-state index is 5.56. The van der Waals surface area contributed by atoms with Gasteiger partial charge in [-0.25, -0.2) is 0 Å². The third kappa shape index (κ3) is 3.35. The third-order valence-corrected chi connectivity index (χ3v) is 3.93. The molecule has 1 heterocycles. The first-order chi connectivity index (χ1) is 6.43. The van der Waals surface area contributed by atoms with Gasteiger partial charge < -0.3 is 0 Å². The molecule has 0 saturated heterocycles. The van der Waals surface area contributed by atoms with Crippen molar-refractivity contribution in [2.24, 2.45) is 11.3 Å². The number of rotatable bonds is 3. The maximum Gasteiger partial charge on any atom is 0.0701 e. The number of nitrogens with one attached hydrogen (secondary N) is 1. The first-order valence-electron chi connectivity index (χ1n) is 4.64. The normalized spacial score (nSPS) is 14.4. The van der Waals surface area contributed by atoms with E-state index in [-0.39, 0.29) is 5.41 Å². The lowest BCUT2D eigenvalue weighted by Gasteiger charge is -2.29. The molecule has 14 heavy (non-hydrogen) atoms. The van der Waals surface area contributed by atoms with Crippen molar-refractivity contribution in [1.82, 2.24) is 5.43 Å². The largest absolute Gasteiger partial charge is 0.271 e. The molecule has 0 aliphatic carbocycles. The lowest BCUT2D eigenvalue weighted by Crippen LogP contribution is -2.45. The molecule has 0 aliphatic heterocycles. The second kappa shape index (κ2) is 4.75. The topological polar surface area (TPSA) is 38.0 Å². The molecule has 0 radical (unpaired) electrons. The molecule has 1 aromatic rings. The Morgan fingerprint density at radius 2 is 2.14 bits per heavy atom. The van der Waals surface area contributed by atoms with Crippen molar-refractivity contribution in [3.63, 3.8) is 0 Å². The van der Waals surface area contributed by atoms with Crippen LogP contribution >= 0.6 is 27.3 Å². The Kier molecular flexibility index (Phi) is 4.13. The van der Waals surface area contributed by atoms with E-state index in [1.807, 2.05) is 0 Å². The quantitative estimate of drug-likeness (QED) is 0.658. The van der Waals surface area contributed by atoms with Gasteiger partial charge in [0.05, 0.1) is 3.79 Å². The Morgan fingerprint density at radius 1 is 1.50 bits per heavy atom. The highest BCUT2D eigenvalue weighted by molar-refractivity contribution is 9.11. The molecular formula is C10H17BrN2S. The molecule has 0 aromatic carbocycles. The van der Waals surface area contributed by atoms with Crippen LogP contribution in [0.25, 0.3) is 0 Å². The number of nitrogens with two attached hydrogens (primary N) is 1. The molecule has 1 unspecified atom stereocenters. The van der Waals surface area contributed by atoms with Crippen LogP contribution in [0.1, 0.15) is 25.6 Å². The monoisotopic (exact) mass is 276 g/mol. The van der Waals surface area contributed by atoms with Crippen LogP contribution in [0.3, 0.4) is 0 Å². The maximum atomic E-state index is 5.56. The zero-order chi connectivity index (χ0) is 10.8. The zero-order valence-electron chi connectivity index (χ0n) is 8.80. The Morgan fingerprint density at radius 3 is 2.50 bits per heavy atom. The first-order valence-corrected chi connectivity index (χ1v) is 6.25. The summed E-state index contributed by atoms with van der Waals surface area (Å²) < 4.78 is 1.18. The van der Waals surface area contributed by atoms with E-state index in [1.165, 1.54) is 8.66 Å². The van der Waals surface area contributed by atoms with E-state index >= 15 is 0 Å². The molecule has 0 aliphatic rings. The Bertz CT molecular complexity index is 291. The molecule has 1 atom stereocenters. The van der Waals surface area contributed by atoms with Crippen LogP contribution in [0.2, 0.25) is 0 Å². The van der Waals surface area contributed by atoms with Gasteiger partial charge in [-0.2, -0.15) is 0 Å². The molecule has 1 rings (SSSR count). The van der Waals surface area contributed by atoms with Crippen molar-refractivity contribution in [3.8, 4) is 0 Å². The number of halogens is 1. The van der Waals surface area contributed by atoms with E-state index < -0.39 is 0 Å². The number of hydrogen-bond acceptors (Lipinski definition) is 3. The summed E-state index contributed by atoms with van der Waals surface area (Å²) in [6, 6.07) is 4.54. The van der Waals surface area contributed by atoms with Crippen LogP contribution in [0.15, 0.2) is 15.9 Å². The smallest absolute Gasteiger partial charge is 0.0701 e. The van der Waals surface area contributed by atoms with Crippen molar-refractivity contribution < 1.29 is 0 Å². The average molecular weight is 277 g/mol. The zero-order valence-corrected chi connectivity index (χ0v) is 11.2. The van der Waals surface area contributed by atoms with Crippen molar-refractivity contribution in [2.75, 3.05) is 0 Å². The molecule has 0 spiro atoms. The van der Waals surface area contributed by atoms with Gasteiger partial charge in [0.25, 0.3) is 0 Å². The molecule has 0 fully saturated rings. The molecular weight excluding hydrogens is 260 g/mol. The minimum atomic E-state index is 0.186. The second-order valence-corrected chi connectivity index (χ2v) is 7.04. The summed E-state index contributed by atoms with van der Waals surface area (Å²) >= 11 is 5.23. The van der Waals surface area contributed by atoms with Gasteiger partial charge in [-0.05, 0) is 39.9 Å². The summed E-state index contributed by atoms with van der Waals surface area (Å²) in [5.74, 6) is 5.56. The van der Waals surface area contributed by atoms with E-state index in [1.54, 1.807) is 11.3 Å². The first kappa shape index (κ1) is 12.2.